The Morgan fingerprint density at radius 3 is 2.50 bits per heavy atom. The molecule has 1 heterocycles. The number of nitrogens with zero attached hydrogens (tertiary/aromatic N) is 2. The third kappa shape index (κ3) is 2.99. The molecular formula is C15H20N4O. The summed E-state index contributed by atoms with van der Waals surface area (Å²) in [4.78, 5) is 12.2. The van der Waals surface area contributed by atoms with Crippen molar-refractivity contribution in [3.8, 4) is 0 Å². The fourth-order valence-corrected chi connectivity index (χ4v) is 2.20. The lowest BCUT2D eigenvalue weighted by molar-refractivity contribution is 0.0953. The maximum absolute atomic E-state index is 12.2. The number of carbonyl (C=O) groups excluding carboxylic acids is 1. The summed E-state index contributed by atoms with van der Waals surface area (Å²) in [6.45, 7) is 4.34. The Morgan fingerprint density at radius 2 is 1.95 bits per heavy atom. The third-order valence-corrected chi connectivity index (χ3v) is 3.42. The van der Waals surface area contributed by atoms with Crippen molar-refractivity contribution >= 4 is 11.6 Å². The fourth-order valence-electron chi connectivity index (χ4n) is 2.20. The van der Waals surface area contributed by atoms with Crippen LogP contribution in [0.15, 0.2) is 24.3 Å². The average Bonchev–Trinajstić information content (AvgIpc) is 2.65. The summed E-state index contributed by atoms with van der Waals surface area (Å²) in [5.74, 6) is -0.0662. The van der Waals surface area contributed by atoms with Gasteiger partial charge in [0.15, 0.2) is 0 Å². The monoisotopic (exact) mass is 272 g/mol. The average molecular weight is 272 g/mol. The number of hydrogen-bond donors (Lipinski definition) is 2. The summed E-state index contributed by atoms with van der Waals surface area (Å²) < 4.78 is 1.73. The second-order valence-corrected chi connectivity index (χ2v) is 4.92. The number of aryl methyl sites for hydroxylation is 2. The van der Waals surface area contributed by atoms with Gasteiger partial charge in [0.2, 0.25) is 0 Å². The van der Waals surface area contributed by atoms with Gasteiger partial charge in [-0.05, 0) is 38.0 Å². The van der Waals surface area contributed by atoms with Crippen LogP contribution in [0.5, 0.6) is 0 Å². The van der Waals surface area contributed by atoms with Crippen LogP contribution < -0.4 is 11.1 Å². The Kier molecular flexibility index (Phi) is 4.08. The number of amides is 1. The van der Waals surface area contributed by atoms with Gasteiger partial charge in [0, 0.05) is 25.0 Å². The van der Waals surface area contributed by atoms with Crippen LogP contribution in [0, 0.1) is 13.8 Å². The maximum atomic E-state index is 12.2. The van der Waals surface area contributed by atoms with E-state index in [0.717, 1.165) is 29.1 Å². The lowest BCUT2D eigenvalue weighted by Crippen LogP contribution is -2.26. The second kappa shape index (κ2) is 5.77. The van der Waals surface area contributed by atoms with E-state index in [4.69, 9.17) is 5.73 Å². The molecule has 0 aliphatic heterocycles. The van der Waals surface area contributed by atoms with Crippen molar-refractivity contribution in [1.82, 2.24) is 15.1 Å². The molecule has 1 aromatic heterocycles. The molecule has 5 nitrogen and oxygen atoms in total. The molecule has 0 fully saturated rings. The Balaban J connectivity index is 1.94. The van der Waals surface area contributed by atoms with E-state index < -0.39 is 0 Å². The van der Waals surface area contributed by atoms with Gasteiger partial charge >= 0.3 is 0 Å². The van der Waals surface area contributed by atoms with E-state index in [0.29, 0.717) is 12.1 Å². The SMILES string of the molecule is Cc1nn(C)c(C)c1C(=O)NCCc1ccc(N)cc1. The van der Waals surface area contributed by atoms with Gasteiger partial charge in [-0.2, -0.15) is 5.10 Å². The van der Waals surface area contributed by atoms with Gasteiger partial charge in [-0.25, -0.2) is 0 Å². The molecule has 0 saturated heterocycles. The molecule has 0 atom stereocenters. The van der Waals surface area contributed by atoms with Gasteiger partial charge in [0.05, 0.1) is 11.3 Å². The largest absolute Gasteiger partial charge is 0.399 e. The minimum Gasteiger partial charge on any atom is -0.399 e. The molecule has 2 aromatic rings. The van der Waals surface area contributed by atoms with Crippen LogP contribution in [-0.2, 0) is 13.5 Å². The Hall–Kier alpha value is -2.30. The lowest BCUT2D eigenvalue weighted by Gasteiger charge is -2.06. The molecule has 2 rings (SSSR count). The summed E-state index contributed by atoms with van der Waals surface area (Å²) in [6, 6.07) is 7.68. The fraction of sp³-hybridized carbons (Fsp3) is 0.333. The molecular weight excluding hydrogens is 252 g/mol. The first-order valence-corrected chi connectivity index (χ1v) is 6.62. The van der Waals surface area contributed by atoms with Crippen molar-refractivity contribution in [3.63, 3.8) is 0 Å². The van der Waals surface area contributed by atoms with E-state index in [-0.39, 0.29) is 5.91 Å². The van der Waals surface area contributed by atoms with Gasteiger partial charge in [-0.3, -0.25) is 9.48 Å². The highest BCUT2D eigenvalue weighted by molar-refractivity contribution is 5.96. The molecule has 0 aliphatic rings. The Morgan fingerprint density at radius 1 is 1.30 bits per heavy atom. The van der Waals surface area contributed by atoms with Crippen molar-refractivity contribution in [2.75, 3.05) is 12.3 Å². The highest BCUT2D eigenvalue weighted by atomic mass is 16.1. The van der Waals surface area contributed by atoms with Crippen molar-refractivity contribution in [2.24, 2.45) is 7.05 Å². The highest BCUT2D eigenvalue weighted by Gasteiger charge is 2.16. The minimum absolute atomic E-state index is 0.0662. The predicted octanol–water partition coefficient (Wildman–Crippen LogP) is 1.59. The molecule has 5 heteroatoms. The van der Waals surface area contributed by atoms with Crippen molar-refractivity contribution in [2.45, 2.75) is 20.3 Å². The van der Waals surface area contributed by atoms with Crippen LogP contribution in [0.1, 0.15) is 27.3 Å². The van der Waals surface area contributed by atoms with E-state index in [2.05, 4.69) is 10.4 Å². The first-order chi connectivity index (χ1) is 9.49. The number of rotatable bonds is 4. The molecule has 0 radical (unpaired) electrons. The summed E-state index contributed by atoms with van der Waals surface area (Å²) in [6.07, 6.45) is 0.782. The molecule has 0 unspecified atom stereocenters. The third-order valence-electron chi connectivity index (χ3n) is 3.42. The second-order valence-electron chi connectivity index (χ2n) is 4.92. The number of benzene rings is 1. The quantitative estimate of drug-likeness (QED) is 0.830. The van der Waals surface area contributed by atoms with E-state index in [1.165, 1.54) is 0 Å². The summed E-state index contributed by atoms with van der Waals surface area (Å²) in [5.41, 5.74) is 9.85. The standard InChI is InChI=1S/C15H20N4O/c1-10-14(11(2)19(3)18-10)15(20)17-9-8-12-4-6-13(16)7-5-12/h4-7H,8-9,16H2,1-3H3,(H,17,20). The number of aromatic nitrogens is 2. The van der Waals surface area contributed by atoms with Crippen LogP contribution in [0.2, 0.25) is 0 Å². The first kappa shape index (κ1) is 14.1. The first-order valence-electron chi connectivity index (χ1n) is 6.62. The number of hydrogen-bond acceptors (Lipinski definition) is 3. The number of nitrogens with two attached hydrogens (primary N) is 1. The number of nitrogens with one attached hydrogen (secondary N) is 1. The molecule has 1 amide bonds. The number of carbonyl (C=O) groups is 1. The van der Waals surface area contributed by atoms with E-state index in [1.807, 2.05) is 45.2 Å². The van der Waals surface area contributed by atoms with Crippen molar-refractivity contribution in [1.29, 1.82) is 0 Å². The molecule has 0 saturated carbocycles. The number of anilines is 1. The summed E-state index contributed by atoms with van der Waals surface area (Å²) in [7, 11) is 1.84. The van der Waals surface area contributed by atoms with Crippen LogP contribution in [0.25, 0.3) is 0 Å². The lowest BCUT2D eigenvalue weighted by atomic mass is 10.1. The van der Waals surface area contributed by atoms with Gasteiger partial charge in [-0.15, -0.1) is 0 Å². The van der Waals surface area contributed by atoms with Crippen LogP contribution in [-0.4, -0.2) is 22.2 Å². The molecule has 0 bridgehead atoms. The highest BCUT2D eigenvalue weighted by Crippen LogP contribution is 2.11. The zero-order valence-corrected chi connectivity index (χ0v) is 12.1. The Bertz CT molecular complexity index is 614. The van der Waals surface area contributed by atoms with E-state index in [1.54, 1.807) is 4.68 Å². The van der Waals surface area contributed by atoms with E-state index in [9.17, 15) is 4.79 Å². The van der Waals surface area contributed by atoms with Crippen LogP contribution >= 0.6 is 0 Å². The van der Waals surface area contributed by atoms with E-state index >= 15 is 0 Å². The van der Waals surface area contributed by atoms with Crippen molar-refractivity contribution in [3.05, 3.63) is 46.8 Å². The van der Waals surface area contributed by atoms with Crippen LogP contribution in [0.3, 0.4) is 0 Å². The maximum Gasteiger partial charge on any atom is 0.255 e. The molecule has 0 aliphatic carbocycles. The van der Waals surface area contributed by atoms with Gasteiger partial charge in [0.25, 0.3) is 5.91 Å². The predicted molar refractivity (Wildman–Crippen MR) is 79.6 cm³/mol. The molecule has 3 N–H and O–H groups in total. The van der Waals surface area contributed by atoms with Gasteiger partial charge < -0.3 is 11.1 Å². The van der Waals surface area contributed by atoms with Gasteiger partial charge in [-0.1, -0.05) is 12.1 Å². The Labute approximate surface area is 118 Å². The molecule has 20 heavy (non-hydrogen) atoms. The normalized spacial score (nSPS) is 10.6. The molecule has 1 aromatic carbocycles. The van der Waals surface area contributed by atoms with Crippen molar-refractivity contribution < 1.29 is 4.79 Å². The zero-order chi connectivity index (χ0) is 14.7. The summed E-state index contributed by atoms with van der Waals surface area (Å²) >= 11 is 0. The molecule has 0 spiro atoms. The molecule has 106 valence electrons. The topological polar surface area (TPSA) is 72.9 Å². The van der Waals surface area contributed by atoms with Gasteiger partial charge in [0.1, 0.15) is 0 Å². The summed E-state index contributed by atoms with van der Waals surface area (Å²) in [5, 5.41) is 7.18. The smallest absolute Gasteiger partial charge is 0.255 e. The number of nitrogen functional groups attached to an aromatic ring is 1. The van der Waals surface area contributed by atoms with Crippen LogP contribution in [0.4, 0.5) is 5.69 Å². The minimum atomic E-state index is -0.0662. The zero-order valence-electron chi connectivity index (χ0n) is 12.1.